The van der Waals surface area contributed by atoms with Crippen LogP contribution in [0.25, 0.3) is 0 Å². The fourth-order valence-electron chi connectivity index (χ4n) is 3.57. The molecule has 0 amide bonds. The van der Waals surface area contributed by atoms with Gasteiger partial charge < -0.3 is 5.32 Å². The average Bonchev–Trinajstić information content (AvgIpc) is 3.13. The highest BCUT2D eigenvalue weighted by Gasteiger charge is 2.36. The van der Waals surface area contributed by atoms with Gasteiger partial charge in [-0.3, -0.25) is 0 Å². The molecule has 1 atom stereocenters. The number of sulfonamides is 1. The molecule has 1 unspecified atom stereocenters. The third-order valence-electron chi connectivity index (χ3n) is 4.95. The van der Waals surface area contributed by atoms with Crippen LogP contribution in [0.5, 0.6) is 0 Å². The first-order valence-electron chi connectivity index (χ1n) is 8.55. The van der Waals surface area contributed by atoms with Crippen molar-refractivity contribution in [2.45, 2.75) is 77.0 Å². The fraction of sp³-hybridized carbons (Fsp3) is 1.00. The summed E-state index contributed by atoms with van der Waals surface area (Å²) in [5.74, 6) is 0.626. The van der Waals surface area contributed by atoms with E-state index in [-0.39, 0.29) is 10.7 Å². The van der Waals surface area contributed by atoms with Crippen molar-refractivity contribution in [1.82, 2.24) is 10.0 Å². The van der Waals surface area contributed by atoms with E-state index in [0.29, 0.717) is 25.0 Å². The maximum atomic E-state index is 12.4. The van der Waals surface area contributed by atoms with Gasteiger partial charge in [-0.15, -0.1) is 0 Å². The lowest BCUT2D eigenvalue weighted by Gasteiger charge is -2.31. The molecular weight excluding hydrogens is 284 g/mol. The van der Waals surface area contributed by atoms with Crippen LogP contribution in [-0.4, -0.2) is 32.8 Å². The molecule has 21 heavy (non-hydrogen) atoms. The van der Waals surface area contributed by atoms with E-state index >= 15 is 0 Å². The lowest BCUT2D eigenvalue weighted by molar-refractivity contribution is 0.236. The van der Waals surface area contributed by atoms with E-state index in [9.17, 15) is 8.42 Å². The van der Waals surface area contributed by atoms with Crippen molar-refractivity contribution in [1.29, 1.82) is 0 Å². The zero-order chi connectivity index (χ0) is 15.5. The molecule has 2 rings (SSSR count). The molecule has 124 valence electrons. The minimum absolute atomic E-state index is 0.199. The van der Waals surface area contributed by atoms with Crippen molar-refractivity contribution in [2.24, 2.45) is 11.3 Å². The minimum Gasteiger partial charge on any atom is -0.313 e. The predicted octanol–water partition coefficient (Wildman–Crippen LogP) is 2.65. The van der Waals surface area contributed by atoms with Gasteiger partial charge >= 0.3 is 0 Å². The van der Waals surface area contributed by atoms with Crippen molar-refractivity contribution in [3.8, 4) is 0 Å². The Kier molecular flexibility index (Phi) is 5.71. The molecule has 2 fully saturated rings. The summed E-state index contributed by atoms with van der Waals surface area (Å²) in [7, 11) is -3.20. The van der Waals surface area contributed by atoms with Gasteiger partial charge in [0.25, 0.3) is 0 Å². The summed E-state index contributed by atoms with van der Waals surface area (Å²) < 4.78 is 27.7. The molecular formula is C16H32N2O2S. The number of nitrogens with one attached hydrogen (secondary N) is 2. The van der Waals surface area contributed by atoms with E-state index in [4.69, 9.17) is 0 Å². The average molecular weight is 317 g/mol. The number of hydrogen-bond donors (Lipinski definition) is 2. The van der Waals surface area contributed by atoms with Crippen LogP contribution in [0.3, 0.4) is 0 Å². The molecule has 0 saturated heterocycles. The van der Waals surface area contributed by atoms with Crippen molar-refractivity contribution >= 4 is 10.0 Å². The van der Waals surface area contributed by atoms with Crippen molar-refractivity contribution in [3.05, 3.63) is 0 Å². The largest absolute Gasteiger partial charge is 0.313 e. The second-order valence-corrected chi connectivity index (χ2v) is 9.85. The van der Waals surface area contributed by atoms with Crippen LogP contribution in [0.4, 0.5) is 0 Å². The molecule has 5 heteroatoms. The summed E-state index contributed by atoms with van der Waals surface area (Å²) in [4.78, 5) is 0. The summed E-state index contributed by atoms with van der Waals surface area (Å²) in [6.07, 6.45) is 8.34. The van der Waals surface area contributed by atoms with Gasteiger partial charge in [0.15, 0.2) is 0 Å². The van der Waals surface area contributed by atoms with Gasteiger partial charge in [0, 0.05) is 19.1 Å². The molecule has 0 heterocycles. The zero-order valence-corrected chi connectivity index (χ0v) is 14.6. The Morgan fingerprint density at radius 1 is 1.14 bits per heavy atom. The summed E-state index contributed by atoms with van der Waals surface area (Å²) in [6.45, 7) is 7.47. The Bertz CT molecular complexity index is 424. The van der Waals surface area contributed by atoms with Crippen LogP contribution in [0, 0.1) is 11.3 Å². The number of rotatable bonds is 9. The molecule has 2 saturated carbocycles. The lowest BCUT2D eigenvalue weighted by atomic mass is 9.79. The minimum atomic E-state index is -3.20. The molecule has 0 aromatic carbocycles. The normalized spacial score (nSPS) is 23.6. The van der Waals surface area contributed by atoms with Gasteiger partial charge in [0.2, 0.25) is 10.0 Å². The van der Waals surface area contributed by atoms with E-state index in [1.54, 1.807) is 0 Å². The predicted molar refractivity (Wildman–Crippen MR) is 87.8 cm³/mol. The quantitative estimate of drug-likeness (QED) is 0.687. The molecule has 2 N–H and O–H groups in total. The molecule has 0 bridgehead atoms. The summed E-state index contributed by atoms with van der Waals surface area (Å²) in [5.41, 5.74) is 0.199. The van der Waals surface area contributed by atoms with Crippen LogP contribution in [0.15, 0.2) is 0 Å². The molecule has 0 aromatic rings. The van der Waals surface area contributed by atoms with Gasteiger partial charge in [-0.05, 0) is 50.4 Å². The summed E-state index contributed by atoms with van der Waals surface area (Å²) in [5, 5.41) is 2.96. The van der Waals surface area contributed by atoms with Crippen LogP contribution in [0.2, 0.25) is 0 Å². The first-order valence-corrected chi connectivity index (χ1v) is 10.1. The van der Waals surface area contributed by atoms with Gasteiger partial charge in [-0.1, -0.05) is 26.7 Å². The van der Waals surface area contributed by atoms with E-state index in [2.05, 4.69) is 23.9 Å². The van der Waals surface area contributed by atoms with E-state index in [0.717, 1.165) is 6.42 Å². The SMILES string of the molecule is CC(C)CC1(CNS(=O)(=O)C(C)CNC2CC2)CCCC1. The van der Waals surface area contributed by atoms with Crippen LogP contribution in [0.1, 0.15) is 65.7 Å². The maximum Gasteiger partial charge on any atom is 0.215 e. The van der Waals surface area contributed by atoms with Crippen LogP contribution < -0.4 is 10.0 Å². The summed E-state index contributed by atoms with van der Waals surface area (Å²) >= 11 is 0. The Hall–Kier alpha value is -0.130. The Morgan fingerprint density at radius 2 is 1.76 bits per heavy atom. The van der Waals surface area contributed by atoms with E-state index in [1.807, 2.05) is 6.92 Å². The Labute approximate surface area is 130 Å². The van der Waals surface area contributed by atoms with Gasteiger partial charge in [0.05, 0.1) is 5.25 Å². The van der Waals surface area contributed by atoms with Gasteiger partial charge in [0.1, 0.15) is 0 Å². The zero-order valence-electron chi connectivity index (χ0n) is 13.8. The first-order chi connectivity index (χ1) is 9.83. The summed E-state index contributed by atoms with van der Waals surface area (Å²) in [6, 6.07) is 0.560. The molecule has 2 aliphatic carbocycles. The molecule has 4 nitrogen and oxygen atoms in total. The Morgan fingerprint density at radius 3 is 2.29 bits per heavy atom. The second-order valence-electron chi connectivity index (χ2n) is 7.66. The third-order valence-corrected chi connectivity index (χ3v) is 6.73. The van der Waals surface area contributed by atoms with Crippen molar-refractivity contribution in [2.75, 3.05) is 13.1 Å². The lowest BCUT2D eigenvalue weighted by Crippen LogP contribution is -2.44. The molecule has 0 aromatic heterocycles. The second kappa shape index (κ2) is 6.97. The van der Waals surface area contributed by atoms with Crippen LogP contribution >= 0.6 is 0 Å². The highest BCUT2D eigenvalue weighted by molar-refractivity contribution is 7.90. The number of hydrogen-bond acceptors (Lipinski definition) is 3. The smallest absolute Gasteiger partial charge is 0.215 e. The molecule has 2 aliphatic rings. The molecule has 0 radical (unpaired) electrons. The standard InChI is InChI=1S/C16H32N2O2S/c1-13(2)10-16(8-4-5-9-16)12-18-21(19,20)14(3)11-17-15-6-7-15/h13-15,17-18H,4-12H2,1-3H3. The van der Waals surface area contributed by atoms with Gasteiger partial charge in [-0.2, -0.15) is 0 Å². The first kappa shape index (κ1) is 17.2. The van der Waals surface area contributed by atoms with Crippen molar-refractivity contribution < 1.29 is 8.42 Å². The Balaban J connectivity index is 1.85. The highest BCUT2D eigenvalue weighted by atomic mass is 32.2. The molecule has 0 spiro atoms. The maximum absolute atomic E-state index is 12.4. The molecule has 0 aliphatic heterocycles. The van der Waals surface area contributed by atoms with Gasteiger partial charge in [-0.25, -0.2) is 13.1 Å². The topological polar surface area (TPSA) is 58.2 Å². The monoisotopic (exact) mass is 316 g/mol. The van der Waals surface area contributed by atoms with Crippen LogP contribution in [-0.2, 0) is 10.0 Å². The van der Waals surface area contributed by atoms with Crippen molar-refractivity contribution in [3.63, 3.8) is 0 Å². The highest BCUT2D eigenvalue weighted by Crippen LogP contribution is 2.42. The fourth-order valence-corrected chi connectivity index (χ4v) is 4.68. The van der Waals surface area contributed by atoms with E-state index in [1.165, 1.54) is 38.5 Å². The third kappa shape index (κ3) is 5.22. The van der Waals surface area contributed by atoms with E-state index < -0.39 is 10.0 Å².